The number of para-hydroxylation sites is 1. The molecule has 0 radical (unpaired) electrons. The molecule has 2 aromatic rings. The molecule has 0 aliphatic rings. The molecular weight excluding hydrogens is 429 g/mol. The number of nitrogens with zero attached hydrogens (tertiary/aromatic N) is 3. The van der Waals surface area contributed by atoms with E-state index >= 15 is 0 Å². The van der Waals surface area contributed by atoms with Crippen LogP contribution in [0.5, 0.6) is 5.75 Å². The molecule has 0 bridgehead atoms. The third kappa shape index (κ3) is 6.56. The van der Waals surface area contributed by atoms with Gasteiger partial charge in [-0.25, -0.2) is 0 Å². The van der Waals surface area contributed by atoms with E-state index in [1.165, 1.54) is 11.3 Å². The van der Waals surface area contributed by atoms with Gasteiger partial charge in [0, 0.05) is 38.4 Å². The number of benzene rings is 1. The molecule has 0 aliphatic heterocycles. The first kappa shape index (κ1) is 21.3. The molecule has 6 nitrogen and oxygen atoms in total. The lowest BCUT2D eigenvalue weighted by molar-refractivity contribution is 0.311. The maximum atomic E-state index is 5.67. The van der Waals surface area contributed by atoms with Crippen LogP contribution in [0, 0.1) is 13.8 Å². The zero-order valence-corrected chi connectivity index (χ0v) is 17.7. The van der Waals surface area contributed by atoms with Gasteiger partial charge in [0.1, 0.15) is 5.75 Å². The minimum atomic E-state index is 0. The summed E-state index contributed by atoms with van der Waals surface area (Å²) in [4.78, 5) is 4.25. The lowest BCUT2D eigenvalue weighted by Gasteiger charge is -2.12. The number of hydrogen-bond acceptors (Lipinski definition) is 3. The fraction of sp³-hybridized carbons (Fsp3) is 0.444. The van der Waals surface area contributed by atoms with Crippen molar-refractivity contribution in [1.82, 2.24) is 20.4 Å². The summed E-state index contributed by atoms with van der Waals surface area (Å²) >= 11 is 0. The van der Waals surface area contributed by atoms with E-state index in [2.05, 4.69) is 27.6 Å². The number of rotatable bonds is 7. The first-order valence-corrected chi connectivity index (χ1v) is 8.23. The van der Waals surface area contributed by atoms with Crippen LogP contribution in [-0.4, -0.2) is 35.9 Å². The predicted molar refractivity (Wildman–Crippen MR) is 113 cm³/mol. The monoisotopic (exact) mass is 457 g/mol. The Morgan fingerprint density at radius 3 is 2.52 bits per heavy atom. The van der Waals surface area contributed by atoms with Gasteiger partial charge in [0.2, 0.25) is 0 Å². The Balaban J connectivity index is 0.00000312. The zero-order valence-electron chi connectivity index (χ0n) is 15.4. The maximum absolute atomic E-state index is 5.67. The molecular formula is C18H28IN5O. The van der Waals surface area contributed by atoms with Crippen molar-refractivity contribution in [2.75, 3.05) is 20.2 Å². The summed E-state index contributed by atoms with van der Waals surface area (Å²) < 4.78 is 7.58. The molecule has 1 aromatic heterocycles. The largest absolute Gasteiger partial charge is 0.494 e. The van der Waals surface area contributed by atoms with Gasteiger partial charge in [0.15, 0.2) is 5.96 Å². The standard InChI is InChI=1S/C18H27N5O.HI/c1-14-17(15(2)23(4)22-14)13-21-18(19-3)20-11-8-12-24-16-9-6-5-7-10-16;/h5-7,9-10H,8,11-13H2,1-4H3,(H2,19,20,21);1H. The fourth-order valence-electron chi connectivity index (χ4n) is 2.45. The second-order valence-corrected chi connectivity index (χ2v) is 5.64. The van der Waals surface area contributed by atoms with Gasteiger partial charge in [-0.05, 0) is 32.4 Å². The van der Waals surface area contributed by atoms with Crippen LogP contribution in [0.1, 0.15) is 23.4 Å². The molecule has 0 fully saturated rings. The van der Waals surface area contributed by atoms with Gasteiger partial charge >= 0.3 is 0 Å². The first-order valence-electron chi connectivity index (χ1n) is 8.23. The van der Waals surface area contributed by atoms with E-state index in [9.17, 15) is 0 Å². The van der Waals surface area contributed by atoms with Gasteiger partial charge in [-0.1, -0.05) is 18.2 Å². The number of guanidine groups is 1. The van der Waals surface area contributed by atoms with Crippen molar-refractivity contribution in [3.8, 4) is 5.75 Å². The Bertz CT molecular complexity index is 670. The van der Waals surface area contributed by atoms with E-state index in [0.29, 0.717) is 13.2 Å². The summed E-state index contributed by atoms with van der Waals surface area (Å²) in [5, 5.41) is 11.1. The lowest BCUT2D eigenvalue weighted by Crippen LogP contribution is -2.37. The van der Waals surface area contributed by atoms with Gasteiger partial charge in [-0.15, -0.1) is 24.0 Å². The molecule has 2 N–H and O–H groups in total. The predicted octanol–water partition coefficient (Wildman–Crippen LogP) is 2.79. The van der Waals surface area contributed by atoms with Gasteiger partial charge in [0.05, 0.1) is 12.3 Å². The Hall–Kier alpha value is -1.77. The van der Waals surface area contributed by atoms with Crippen molar-refractivity contribution in [1.29, 1.82) is 0 Å². The summed E-state index contributed by atoms with van der Waals surface area (Å²) in [5.74, 6) is 1.69. The van der Waals surface area contributed by atoms with E-state index < -0.39 is 0 Å². The molecule has 0 atom stereocenters. The normalized spacial score (nSPS) is 11.0. The Kier molecular flexibility index (Phi) is 9.33. The smallest absolute Gasteiger partial charge is 0.191 e. The quantitative estimate of drug-likeness (QED) is 0.291. The van der Waals surface area contributed by atoms with E-state index in [1.54, 1.807) is 7.05 Å². The Morgan fingerprint density at radius 1 is 1.20 bits per heavy atom. The Morgan fingerprint density at radius 2 is 1.92 bits per heavy atom. The van der Waals surface area contributed by atoms with Crippen LogP contribution in [0.4, 0.5) is 0 Å². The molecule has 0 unspecified atom stereocenters. The van der Waals surface area contributed by atoms with E-state index in [1.807, 2.05) is 49.0 Å². The summed E-state index contributed by atoms with van der Waals surface area (Å²) in [6, 6.07) is 9.86. The average molecular weight is 457 g/mol. The second kappa shape index (κ2) is 11.0. The van der Waals surface area contributed by atoms with Crippen molar-refractivity contribution in [3.63, 3.8) is 0 Å². The number of aliphatic imine (C=N–C) groups is 1. The first-order chi connectivity index (χ1) is 11.6. The molecule has 1 aromatic carbocycles. The number of nitrogens with one attached hydrogen (secondary N) is 2. The van der Waals surface area contributed by atoms with Crippen LogP contribution < -0.4 is 15.4 Å². The fourth-order valence-corrected chi connectivity index (χ4v) is 2.45. The minimum absolute atomic E-state index is 0. The van der Waals surface area contributed by atoms with Crippen LogP contribution in [-0.2, 0) is 13.6 Å². The summed E-state index contributed by atoms with van der Waals surface area (Å²) in [6.07, 6.45) is 0.903. The van der Waals surface area contributed by atoms with E-state index in [4.69, 9.17) is 4.74 Å². The number of ether oxygens (including phenoxy) is 1. The lowest BCUT2D eigenvalue weighted by atomic mass is 10.2. The van der Waals surface area contributed by atoms with Gasteiger partial charge in [0.25, 0.3) is 0 Å². The minimum Gasteiger partial charge on any atom is -0.494 e. The average Bonchev–Trinajstić information content (AvgIpc) is 2.83. The number of hydrogen-bond donors (Lipinski definition) is 2. The molecule has 0 saturated carbocycles. The van der Waals surface area contributed by atoms with Crippen LogP contribution in [0.25, 0.3) is 0 Å². The van der Waals surface area contributed by atoms with Gasteiger partial charge in [-0.3, -0.25) is 9.67 Å². The number of aryl methyl sites for hydroxylation is 2. The van der Waals surface area contributed by atoms with E-state index in [-0.39, 0.29) is 24.0 Å². The van der Waals surface area contributed by atoms with Gasteiger partial charge in [-0.2, -0.15) is 5.10 Å². The van der Waals surface area contributed by atoms with E-state index in [0.717, 1.165) is 30.4 Å². The van der Waals surface area contributed by atoms with Crippen molar-refractivity contribution < 1.29 is 4.74 Å². The van der Waals surface area contributed by atoms with Gasteiger partial charge < -0.3 is 15.4 Å². The summed E-state index contributed by atoms with van der Waals surface area (Å²) in [5.41, 5.74) is 3.44. The van der Waals surface area contributed by atoms with Crippen molar-refractivity contribution >= 4 is 29.9 Å². The van der Waals surface area contributed by atoms with Crippen molar-refractivity contribution in [2.45, 2.75) is 26.8 Å². The highest BCUT2D eigenvalue weighted by molar-refractivity contribution is 14.0. The van der Waals surface area contributed by atoms with Crippen molar-refractivity contribution in [3.05, 3.63) is 47.3 Å². The van der Waals surface area contributed by atoms with Crippen LogP contribution in [0.15, 0.2) is 35.3 Å². The molecule has 138 valence electrons. The highest BCUT2D eigenvalue weighted by atomic mass is 127. The molecule has 0 amide bonds. The van der Waals surface area contributed by atoms with Crippen molar-refractivity contribution in [2.24, 2.45) is 12.0 Å². The molecule has 0 saturated heterocycles. The zero-order chi connectivity index (χ0) is 17.4. The number of halogens is 1. The summed E-state index contributed by atoms with van der Waals surface area (Å²) in [6.45, 7) is 6.30. The molecule has 0 spiro atoms. The maximum Gasteiger partial charge on any atom is 0.191 e. The SMILES string of the molecule is CN=C(NCCCOc1ccccc1)NCc1c(C)nn(C)c1C.I. The highest BCUT2D eigenvalue weighted by Crippen LogP contribution is 2.11. The highest BCUT2D eigenvalue weighted by Gasteiger charge is 2.09. The molecule has 7 heteroatoms. The Labute approximate surface area is 167 Å². The number of aromatic nitrogens is 2. The molecule has 25 heavy (non-hydrogen) atoms. The third-order valence-electron chi connectivity index (χ3n) is 3.94. The van der Waals surface area contributed by atoms with Crippen LogP contribution in [0.3, 0.4) is 0 Å². The van der Waals surface area contributed by atoms with Crippen LogP contribution >= 0.6 is 24.0 Å². The topological polar surface area (TPSA) is 63.5 Å². The summed E-state index contributed by atoms with van der Waals surface area (Å²) in [7, 11) is 3.74. The second-order valence-electron chi connectivity index (χ2n) is 5.64. The molecule has 2 rings (SSSR count). The third-order valence-corrected chi connectivity index (χ3v) is 3.94. The van der Waals surface area contributed by atoms with Crippen LogP contribution in [0.2, 0.25) is 0 Å². The molecule has 1 heterocycles. The molecule has 0 aliphatic carbocycles.